The van der Waals surface area contributed by atoms with E-state index in [0.717, 1.165) is 11.1 Å². The highest BCUT2D eigenvalue weighted by Gasteiger charge is 2.65. The number of likely N-dealkylation sites (tertiary alicyclic amines) is 1. The number of carbonyl (C=O) groups is 2. The Morgan fingerprint density at radius 2 is 2.09 bits per heavy atom. The summed E-state index contributed by atoms with van der Waals surface area (Å²) in [5.41, 5.74) is 0.953. The van der Waals surface area contributed by atoms with E-state index in [1.165, 1.54) is 0 Å². The lowest BCUT2D eigenvalue weighted by Crippen LogP contribution is -2.65. The van der Waals surface area contributed by atoms with Crippen molar-refractivity contribution >= 4 is 11.8 Å². The largest absolute Gasteiger partial charge is 0.479 e. The van der Waals surface area contributed by atoms with Gasteiger partial charge in [-0.25, -0.2) is 4.79 Å². The molecule has 178 valence electrons. The van der Waals surface area contributed by atoms with Crippen molar-refractivity contribution in [2.24, 2.45) is 5.92 Å². The number of rotatable bonds is 3. The van der Waals surface area contributed by atoms with Crippen molar-refractivity contribution in [3.05, 3.63) is 23.3 Å². The third-order valence-electron chi connectivity index (χ3n) is 8.15. The second-order valence-electron chi connectivity index (χ2n) is 9.64. The number of ether oxygens (including phenoxy) is 3. The maximum atomic E-state index is 13.1. The molecule has 5 aliphatic rings. The molecule has 0 amide bonds. The van der Waals surface area contributed by atoms with Crippen molar-refractivity contribution in [2.75, 3.05) is 13.5 Å². The molecule has 10 heteroatoms. The van der Waals surface area contributed by atoms with Crippen LogP contribution in [0.4, 0.5) is 0 Å². The molecule has 1 aromatic carbocycles. The average Bonchev–Trinajstić information content (AvgIpc) is 3.15. The number of benzene rings is 1. The minimum Gasteiger partial charge on any atom is -0.479 e. The first-order valence-electron chi connectivity index (χ1n) is 12.7. The van der Waals surface area contributed by atoms with Crippen LogP contribution in [-0.2, 0) is 26.2 Å². The van der Waals surface area contributed by atoms with Crippen molar-refractivity contribution in [1.29, 1.82) is 0 Å². The Kier molecular flexibility index (Phi) is 3.92. The minimum atomic E-state index is -2.26. The summed E-state index contributed by atoms with van der Waals surface area (Å²) < 4.78 is 41.5. The number of ketones is 1. The fraction of sp³-hybridized carbons (Fsp3) is 0.652. The number of aliphatic carboxylic acids is 1. The van der Waals surface area contributed by atoms with Crippen molar-refractivity contribution in [3.8, 4) is 11.5 Å². The van der Waals surface area contributed by atoms with Gasteiger partial charge in [0.25, 0.3) is 0 Å². The van der Waals surface area contributed by atoms with Crippen LogP contribution in [-0.4, -0.2) is 93.5 Å². The number of hydrogen-bond donors (Lipinski definition) is 4. The van der Waals surface area contributed by atoms with Gasteiger partial charge in [-0.15, -0.1) is 0 Å². The van der Waals surface area contributed by atoms with E-state index in [0.29, 0.717) is 25.0 Å². The van der Waals surface area contributed by atoms with Gasteiger partial charge in [0.1, 0.15) is 18.3 Å². The number of hydrogen-bond acceptors (Lipinski definition) is 9. The Morgan fingerprint density at radius 1 is 1.27 bits per heavy atom. The highest BCUT2D eigenvalue weighted by molar-refractivity contribution is 5.89. The van der Waals surface area contributed by atoms with Crippen LogP contribution in [0.5, 0.6) is 11.5 Å². The van der Waals surface area contributed by atoms with Crippen LogP contribution >= 0.6 is 0 Å². The Bertz CT molecular complexity index is 1130. The van der Waals surface area contributed by atoms with Gasteiger partial charge >= 0.3 is 5.97 Å². The summed E-state index contributed by atoms with van der Waals surface area (Å²) in [6.07, 6.45) is -7.96. The second-order valence-corrected chi connectivity index (χ2v) is 9.64. The lowest BCUT2D eigenvalue weighted by Gasteiger charge is -2.57. The molecule has 3 aliphatic heterocycles. The third kappa shape index (κ3) is 2.72. The quantitative estimate of drug-likeness (QED) is 0.448. The molecule has 3 fully saturated rings. The van der Waals surface area contributed by atoms with Crippen LogP contribution in [0, 0.1) is 5.92 Å². The molecule has 2 saturated heterocycles. The molecular weight excluding hydrogens is 434 g/mol. The molecule has 2 aliphatic carbocycles. The molecule has 33 heavy (non-hydrogen) atoms. The van der Waals surface area contributed by atoms with Crippen molar-refractivity contribution in [2.45, 2.75) is 73.9 Å². The summed E-state index contributed by atoms with van der Waals surface area (Å²) in [7, 11) is 0. The first kappa shape index (κ1) is 18.1. The van der Waals surface area contributed by atoms with Crippen LogP contribution in [0.3, 0.4) is 0 Å². The van der Waals surface area contributed by atoms with Gasteiger partial charge in [-0.1, -0.05) is 6.07 Å². The summed E-state index contributed by atoms with van der Waals surface area (Å²) in [5.74, 6) is -1.30. The monoisotopic (exact) mass is 464 g/mol. The molecule has 1 spiro atoms. The number of carboxylic acids is 1. The molecule has 4 N–H and O–H groups in total. The van der Waals surface area contributed by atoms with E-state index < -0.39 is 55.2 Å². The normalized spacial score (nSPS) is 45.3. The molecule has 0 radical (unpaired) electrons. The molecular formula is C23H27NO9. The number of likely N-dealkylation sites (N-methyl/N-ethyl adjacent to an activating group) is 1. The molecule has 2 bridgehead atoms. The maximum absolute atomic E-state index is 13.1. The zero-order valence-corrected chi connectivity index (χ0v) is 17.6. The second kappa shape index (κ2) is 7.13. The Labute approximate surface area is 193 Å². The molecule has 9 atom stereocenters. The SMILES string of the molecule is [2H]C([2H])([2H])N1CC[C@]23c4c5ccc(O[C@@H]6O[C@H](C(=O)O)[C@@H](O)[C@H](O)[C@H]6O)c4O[C@H]2C(=O)CC[C@H]3[C@H]1C5. The van der Waals surface area contributed by atoms with E-state index in [2.05, 4.69) is 0 Å². The number of Topliss-reactive ketones (excluding diaryl/α,β-unsaturated/α-hetero) is 1. The first-order valence-corrected chi connectivity index (χ1v) is 11.2. The van der Waals surface area contributed by atoms with Crippen LogP contribution in [0.2, 0.25) is 0 Å². The molecule has 3 heterocycles. The Balaban J connectivity index is 1.41. The third-order valence-corrected chi connectivity index (χ3v) is 8.15. The minimum absolute atomic E-state index is 0.0687. The Morgan fingerprint density at radius 3 is 2.85 bits per heavy atom. The van der Waals surface area contributed by atoms with Gasteiger partial charge in [0.05, 0.1) is 0 Å². The summed E-state index contributed by atoms with van der Waals surface area (Å²) in [6.45, 7) is -1.98. The fourth-order valence-electron chi connectivity index (χ4n) is 6.69. The van der Waals surface area contributed by atoms with E-state index in [4.69, 9.17) is 18.3 Å². The standard InChI is InChI=1S/C23H27NO9/c1-24-7-6-23-10-3-4-12(25)20(23)32-18-13(5-2-9(14(18)23)8-11(10)24)31-22-17(28)15(26)16(27)19(33-22)21(29)30/h2,5,10-11,15-17,19-20,22,26-28H,3-4,6-8H2,1H3,(H,29,30)/t10-,11+,15-,16-,17+,19-,20-,22+,23-/m0/s1/i1D3. The fourth-order valence-corrected chi connectivity index (χ4v) is 6.69. The van der Waals surface area contributed by atoms with E-state index in [1.54, 1.807) is 17.0 Å². The van der Waals surface area contributed by atoms with Gasteiger partial charge in [-0.3, -0.25) is 4.79 Å². The van der Waals surface area contributed by atoms with Gasteiger partial charge in [-0.2, -0.15) is 0 Å². The molecule has 10 nitrogen and oxygen atoms in total. The van der Waals surface area contributed by atoms with E-state index in [-0.39, 0.29) is 36.5 Å². The maximum Gasteiger partial charge on any atom is 0.335 e. The molecule has 6 rings (SSSR count). The summed E-state index contributed by atoms with van der Waals surface area (Å²) in [6, 6.07) is 3.04. The first-order chi connectivity index (χ1) is 16.9. The highest BCUT2D eigenvalue weighted by Crippen LogP contribution is 2.63. The summed E-state index contributed by atoms with van der Waals surface area (Å²) in [5, 5.41) is 39.9. The van der Waals surface area contributed by atoms with Gasteiger partial charge in [-0.05, 0) is 50.3 Å². The zero-order valence-electron chi connectivity index (χ0n) is 20.6. The molecule has 1 saturated carbocycles. The number of nitrogens with zero attached hydrogens (tertiary/aromatic N) is 1. The van der Waals surface area contributed by atoms with Gasteiger partial charge in [0.2, 0.25) is 6.29 Å². The molecule has 0 aromatic heterocycles. The van der Waals surface area contributed by atoms with Crippen molar-refractivity contribution in [3.63, 3.8) is 0 Å². The number of aliphatic hydroxyl groups is 3. The number of carboxylic acid groups (broad SMARTS) is 1. The number of piperidine rings is 1. The van der Waals surface area contributed by atoms with Crippen LogP contribution in [0.1, 0.15) is 34.5 Å². The predicted octanol–water partition coefficient (Wildman–Crippen LogP) is -0.804. The average molecular weight is 464 g/mol. The van der Waals surface area contributed by atoms with Gasteiger partial charge in [0.15, 0.2) is 29.5 Å². The highest BCUT2D eigenvalue weighted by atomic mass is 16.7. The van der Waals surface area contributed by atoms with Crippen LogP contribution in [0.15, 0.2) is 12.1 Å². The van der Waals surface area contributed by atoms with Crippen molar-refractivity contribution < 1.29 is 48.3 Å². The lowest BCUT2D eigenvalue weighted by atomic mass is 9.52. The topological polar surface area (TPSA) is 146 Å². The van der Waals surface area contributed by atoms with Gasteiger partial charge < -0.3 is 39.5 Å². The summed E-state index contributed by atoms with van der Waals surface area (Å²) >= 11 is 0. The summed E-state index contributed by atoms with van der Waals surface area (Å²) in [4.78, 5) is 26.1. The molecule has 0 unspecified atom stereocenters. The van der Waals surface area contributed by atoms with E-state index >= 15 is 0 Å². The van der Waals surface area contributed by atoms with Crippen LogP contribution in [0.25, 0.3) is 0 Å². The smallest absolute Gasteiger partial charge is 0.335 e. The van der Waals surface area contributed by atoms with Crippen LogP contribution < -0.4 is 9.47 Å². The van der Waals surface area contributed by atoms with Crippen molar-refractivity contribution in [1.82, 2.24) is 4.90 Å². The Hall–Kier alpha value is -2.24. The van der Waals surface area contributed by atoms with E-state index in [9.17, 15) is 30.0 Å². The molecule has 1 aromatic rings. The zero-order chi connectivity index (χ0) is 25.7. The number of carbonyl (C=O) groups excluding carboxylic acids is 1. The lowest BCUT2D eigenvalue weighted by molar-refractivity contribution is -0.271. The van der Waals surface area contributed by atoms with Gasteiger partial charge in [0, 0.05) is 27.6 Å². The van der Waals surface area contributed by atoms with E-state index in [1.807, 2.05) is 0 Å². The number of aliphatic hydroxyl groups excluding tert-OH is 3. The predicted molar refractivity (Wildman–Crippen MR) is 110 cm³/mol.